The van der Waals surface area contributed by atoms with Crippen LogP contribution < -0.4 is 5.56 Å². The van der Waals surface area contributed by atoms with Gasteiger partial charge in [-0.15, -0.1) is 0 Å². The van der Waals surface area contributed by atoms with Gasteiger partial charge in [0, 0.05) is 42.5 Å². The molecule has 0 spiro atoms. The molecule has 25 heavy (non-hydrogen) atoms. The van der Waals surface area contributed by atoms with Crippen LogP contribution in [0.1, 0.15) is 23.1 Å². The molecule has 2 aromatic heterocycles. The third kappa shape index (κ3) is 3.46. The van der Waals surface area contributed by atoms with E-state index in [1.807, 2.05) is 37.3 Å². The van der Waals surface area contributed by atoms with Crippen LogP contribution in [-0.4, -0.2) is 39.2 Å². The van der Waals surface area contributed by atoms with Gasteiger partial charge in [-0.05, 0) is 24.6 Å². The minimum atomic E-state index is -0.0874. The molecule has 3 heterocycles. The van der Waals surface area contributed by atoms with E-state index >= 15 is 0 Å². The summed E-state index contributed by atoms with van der Waals surface area (Å²) in [5.41, 5.74) is 3.37. The van der Waals surface area contributed by atoms with Gasteiger partial charge in [0.25, 0.3) is 5.56 Å². The number of H-pyrrole nitrogens is 1. The summed E-state index contributed by atoms with van der Waals surface area (Å²) in [5, 5.41) is 3.71. The first-order valence-electron chi connectivity index (χ1n) is 8.26. The van der Waals surface area contributed by atoms with Gasteiger partial charge in [-0.25, -0.2) is 9.50 Å². The molecular formula is C18H19ClN4O2. The largest absolute Gasteiger partial charge is 0.371 e. The fourth-order valence-electron chi connectivity index (χ4n) is 3.20. The molecule has 7 heteroatoms. The van der Waals surface area contributed by atoms with E-state index in [1.54, 1.807) is 6.07 Å². The van der Waals surface area contributed by atoms with Crippen LogP contribution >= 0.6 is 11.6 Å². The number of rotatable bonds is 3. The Bertz CT molecular complexity index is 948. The molecule has 0 amide bonds. The van der Waals surface area contributed by atoms with Gasteiger partial charge < -0.3 is 4.74 Å². The van der Waals surface area contributed by atoms with Gasteiger partial charge in [0.1, 0.15) is 0 Å². The Kier molecular flexibility index (Phi) is 4.33. The number of hydrogen-bond acceptors (Lipinski definition) is 4. The molecule has 3 aromatic rings. The van der Waals surface area contributed by atoms with Gasteiger partial charge >= 0.3 is 0 Å². The number of ether oxygens (including phenoxy) is 1. The first-order valence-corrected chi connectivity index (χ1v) is 8.64. The van der Waals surface area contributed by atoms with Crippen molar-refractivity contribution >= 4 is 17.2 Å². The maximum absolute atomic E-state index is 12.2. The molecule has 1 atom stereocenters. The van der Waals surface area contributed by atoms with Crippen LogP contribution in [0.15, 0.2) is 41.2 Å². The molecule has 0 radical (unpaired) electrons. The van der Waals surface area contributed by atoms with E-state index in [2.05, 4.69) is 15.0 Å². The number of hydrogen-bond donors (Lipinski definition) is 1. The average Bonchev–Trinajstić information content (AvgIpc) is 2.97. The number of aromatic nitrogens is 3. The number of fused-ring (bicyclic) bond motifs is 1. The van der Waals surface area contributed by atoms with Gasteiger partial charge in [-0.3, -0.25) is 14.8 Å². The minimum absolute atomic E-state index is 0.00495. The van der Waals surface area contributed by atoms with Crippen molar-refractivity contribution < 1.29 is 4.74 Å². The molecule has 1 fully saturated rings. The highest BCUT2D eigenvalue weighted by molar-refractivity contribution is 6.30. The van der Waals surface area contributed by atoms with Crippen LogP contribution in [-0.2, 0) is 11.3 Å². The zero-order valence-corrected chi connectivity index (χ0v) is 14.7. The molecule has 1 aromatic carbocycles. The minimum Gasteiger partial charge on any atom is -0.371 e. The number of aryl methyl sites for hydroxylation is 1. The normalized spacial score (nSPS) is 18.7. The van der Waals surface area contributed by atoms with Crippen LogP contribution in [0.2, 0.25) is 5.02 Å². The summed E-state index contributed by atoms with van der Waals surface area (Å²) >= 11 is 5.96. The van der Waals surface area contributed by atoms with Crippen molar-refractivity contribution in [1.82, 2.24) is 19.5 Å². The summed E-state index contributed by atoms with van der Waals surface area (Å²) in [6, 6.07) is 11.2. The van der Waals surface area contributed by atoms with E-state index in [-0.39, 0.29) is 11.7 Å². The van der Waals surface area contributed by atoms with Crippen LogP contribution in [0.5, 0.6) is 0 Å². The molecule has 4 rings (SSSR count). The van der Waals surface area contributed by atoms with Crippen molar-refractivity contribution in [2.75, 3.05) is 19.7 Å². The van der Waals surface area contributed by atoms with E-state index < -0.39 is 0 Å². The lowest BCUT2D eigenvalue weighted by Gasteiger charge is -2.32. The Balaban J connectivity index is 1.52. The number of aromatic amines is 1. The lowest BCUT2D eigenvalue weighted by atomic mass is 10.1. The van der Waals surface area contributed by atoms with Crippen LogP contribution in [0.3, 0.4) is 0 Å². The average molecular weight is 359 g/mol. The molecule has 0 bridgehead atoms. The summed E-state index contributed by atoms with van der Waals surface area (Å²) in [4.78, 5) is 19.1. The van der Waals surface area contributed by atoms with E-state index in [0.717, 1.165) is 35.1 Å². The van der Waals surface area contributed by atoms with Crippen LogP contribution in [0.4, 0.5) is 0 Å². The molecular weight excluding hydrogens is 340 g/mol. The molecule has 1 N–H and O–H groups in total. The van der Waals surface area contributed by atoms with Crippen molar-refractivity contribution in [3.63, 3.8) is 0 Å². The SMILES string of the molecule is Cc1cc2nc(CN3CCOC(c4ccc(Cl)cc4)C3)cc(=O)n2[nH]1. The van der Waals surface area contributed by atoms with E-state index in [1.165, 1.54) is 4.52 Å². The predicted octanol–water partition coefficient (Wildman–Crippen LogP) is 2.56. The molecule has 0 aliphatic carbocycles. The lowest BCUT2D eigenvalue weighted by Crippen LogP contribution is -2.38. The Morgan fingerprint density at radius 1 is 1.32 bits per heavy atom. The predicted molar refractivity (Wildman–Crippen MR) is 96.0 cm³/mol. The monoisotopic (exact) mass is 358 g/mol. The van der Waals surface area contributed by atoms with Crippen molar-refractivity contribution in [3.8, 4) is 0 Å². The number of benzene rings is 1. The van der Waals surface area contributed by atoms with Crippen molar-refractivity contribution in [2.45, 2.75) is 19.6 Å². The van der Waals surface area contributed by atoms with E-state index in [0.29, 0.717) is 18.8 Å². The number of nitrogens with one attached hydrogen (secondary N) is 1. The maximum atomic E-state index is 12.2. The summed E-state index contributed by atoms with van der Waals surface area (Å²) in [7, 11) is 0. The third-order valence-corrected chi connectivity index (χ3v) is 4.66. The smallest absolute Gasteiger partial charge is 0.272 e. The number of nitrogens with zero attached hydrogens (tertiary/aromatic N) is 3. The van der Waals surface area contributed by atoms with Crippen molar-refractivity contribution in [2.24, 2.45) is 0 Å². The second-order valence-electron chi connectivity index (χ2n) is 6.36. The van der Waals surface area contributed by atoms with Gasteiger partial charge in [0.05, 0.1) is 18.4 Å². The van der Waals surface area contributed by atoms with Crippen molar-refractivity contribution in [1.29, 1.82) is 0 Å². The Morgan fingerprint density at radius 3 is 2.92 bits per heavy atom. The van der Waals surface area contributed by atoms with E-state index in [4.69, 9.17) is 16.3 Å². The Labute approximate surface area is 150 Å². The molecule has 1 saturated heterocycles. The maximum Gasteiger partial charge on any atom is 0.272 e. The summed E-state index contributed by atoms with van der Waals surface area (Å²) in [6.07, 6.45) is 0.00495. The second-order valence-corrected chi connectivity index (χ2v) is 6.80. The summed E-state index contributed by atoms with van der Waals surface area (Å²) in [6.45, 7) is 4.76. The van der Waals surface area contributed by atoms with Crippen LogP contribution in [0.25, 0.3) is 5.65 Å². The van der Waals surface area contributed by atoms with Crippen LogP contribution in [0, 0.1) is 6.92 Å². The zero-order valence-electron chi connectivity index (χ0n) is 13.9. The Morgan fingerprint density at radius 2 is 2.12 bits per heavy atom. The zero-order chi connectivity index (χ0) is 17.4. The molecule has 1 aliphatic heterocycles. The topological polar surface area (TPSA) is 62.6 Å². The third-order valence-electron chi connectivity index (χ3n) is 4.41. The fourth-order valence-corrected chi connectivity index (χ4v) is 3.32. The molecule has 6 nitrogen and oxygen atoms in total. The van der Waals surface area contributed by atoms with Gasteiger partial charge in [0.15, 0.2) is 5.65 Å². The molecule has 0 saturated carbocycles. The first-order chi connectivity index (χ1) is 12.1. The number of halogens is 1. The number of morpholine rings is 1. The molecule has 1 aliphatic rings. The first kappa shape index (κ1) is 16.3. The quantitative estimate of drug-likeness (QED) is 0.781. The fraction of sp³-hybridized carbons (Fsp3) is 0.333. The standard InChI is InChI=1S/C18H19ClN4O2/c1-12-8-17-20-15(9-18(24)23(17)21-12)10-22-6-7-25-16(11-22)13-2-4-14(19)5-3-13/h2-5,8-9,16,21H,6-7,10-11H2,1H3. The molecule has 130 valence electrons. The molecule has 1 unspecified atom stereocenters. The van der Waals surface area contributed by atoms with Crippen molar-refractivity contribution in [3.05, 3.63) is 68.7 Å². The Hall–Kier alpha value is -2.15. The highest BCUT2D eigenvalue weighted by Gasteiger charge is 2.22. The van der Waals surface area contributed by atoms with E-state index in [9.17, 15) is 4.79 Å². The summed E-state index contributed by atoms with van der Waals surface area (Å²) in [5.74, 6) is 0. The highest BCUT2D eigenvalue weighted by atomic mass is 35.5. The summed E-state index contributed by atoms with van der Waals surface area (Å²) < 4.78 is 7.36. The highest BCUT2D eigenvalue weighted by Crippen LogP contribution is 2.24. The lowest BCUT2D eigenvalue weighted by molar-refractivity contribution is -0.0332. The van der Waals surface area contributed by atoms with Gasteiger partial charge in [0.2, 0.25) is 0 Å². The second kappa shape index (κ2) is 6.63. The van der Waals surface area contributed by atoms with Gasteiger partial charge in [-0.1, -0.05) is 23.7 Å². The van der Waals surface area contributed by atoms with Gasteiger partial charge in [-0.2, -0.15) is 0 Å².